The van der Waals surface area contributed by atoms with Crippen LogP contribution in [-0.4, -0.2) is 16.0 Å². The molecule has 1 atom stereocenters. The van der Waals surface area contributed by atoms with Crippen LogP contribution in [0.15, 0.2) is 42.5 Å². The Morgan fingerprint density at radius 2 is 1.95 bits per heavy atom. The van der Waals surface area contributed by atoms with Crippen LogP contribution in [0.2, 0.25) is 0 Å². The van der Waals surface area contributed by atoms with Crippen molar-refractivity contribution in [1.29, 1.82) is 0 Å². The number of fused-ring (bicyclic) bond motifs is 1. The first-order valence-electron chi connectivity index (χ1n) is 6.82. The fraction of sp³-hybridized carbons (Fsp3) is 0.250. The standard InChI is InChI=1S/C16H17N3S/c17-16(20)14-6-3-7-15(19-14)18-13-9-8-11-4-1-2-5-12(11)10-13/h1-7,13H,8-10H2,(H2,17,20)(H,18,19). The van der Waals surface area contributed by atoms with Gasteiger partial charge in [0.25, 0.3) is 0 Å². The number of anilines is 1. The molecular formula is C16H17N3S. The second-order valence-corrected chi connectivity index (χ2v) is 5.56. The van der Waals surface area contributed by atoms with Crippen molar-refractivity contribution >= 4 is 23.0 Å². The summed E-state index contributed by atoms with van der Waals surface area (Å²) in [5, 5.41) is 3.49. The Labute approximate surface area is 124 Å². The average molecular weight is 283 g/mol. The molecule has 2 aromatic rings. The summed E-state index contributed by atoms with van der Waals surface area (Å²) in [7, 11) is 0. The summed E-state index contributed by atoms with van der Waals surface area (Å²) >= 11 is 4.97. The van der Waals surface area contributed by atoms with Crippen LogP contribution in [0.3, 0.4) is 0 Å². The second-order valence-electron chi connectivity index (χ2n) is 5.13. The first kappa shape index (κ1) is 13.1. The van der Waals surface area contributed by atoms with Crippen molar-refractivity contribution in [3.05, 3.63) is 59.3 Å². The first-order valence-corrected chi connectivity index (χ1v) is 7.23. The molecular weight excluding hydrogens is 266 g/mol. The molecule has 0 fully saturated rings. The smallest absolute Gasteiger partial charge is 0.126 e. The third-order valence-corrected chi connectivity index (χ3v) is 3.91. The molecule has 3 rings (SSSR count). The molecule has 4 heteroatoms. The average Bonchev–Trinajstić information content (AvgIpc) is 2.47. The number of pyridine rings is 1. The van der Waals surface area contributed by atoms with Crippen LogP contribution < -0.4 is 11.1 Å². The molecule has 1 aromatic heterocycles. The summed E-state index contributed by atoms with van der Waals surface area (Å²) in [6.45, 7) is 0. The van der Waals surface area contributed by atoms with Crippen molar-refractivity contribution in [3.63, 3.8) is 0 Å². The highest BCUT2D eigenvalue weighted by Gasteiger charge is 2.18. The second kappa shape index (κ2) is 5.59. The van der Waals surface area contributed by atoms with Gasteiger partial charge in [-0.1, -0.05) is 42.5 Å². The summed E-state index contributed by atoms with van der Waals surface area (Å²) in [6.07, 6.45) is 3.27. The van der Waals surface area contributed by atoms with E-state index in [4.69, 9.17) is 18.0 Å². The lowest BCUT2D eigenvalue weighted by molar-refractivity contribution is 0.609. The molecule has 0 aliphatic heterocycles. The molecule has 0 amide bonds. The van der Waals surface area contributed by atoms with Gasteiger partial charge < -0.3 is 11.1 Å². The van der Waals surface area contributed by atoms with Crippen molar-refractivity contribution < 1.29 is 0 Å². The molecule has 0 radical (unpaired) electrons. The summed E-state index contributed by atoms with van der Waals surface area (Å²) in [4.78, 5) is 4.78. The minimum Gasteiger partial charge on any atom is -0.388 e. The number of hydrogen-bond donors (Lipinski definition) is 2. The van der Waals surface area contributed by atoms with Crippen LogP contribution in [0, 0.1) is 0 Å². The van der Waals surface area contributed by atoms with Crippen LogP contribution in [-0.2, 0) is 12.8 Å². The first-order chi connectivity index (χ1) is 9.72. The maximum absolute atomic E-state index is 5.62. The van der Waals surface area contributed by atoms with E-state index in [1.54, 1.807) is 0 Å². The molecule has 102 valence electrons. The fourth-order valence-electron chi connectivity index (χ4n) is 2.68. The number of aromatic nitrogens is 1. The molecule has 1 aromatic carbocycles. The topological polar surface area (TPSA) is 50.9 Å². The third kappa shape index (κ3) is 2.80. The molecule has 1 unspecified atom stereocenters. The van der Waals surface area contributed by atoms with E-state index >= 15 is 0 Å². The molecule has 1 aliphatic carbocycles. The van der Waals surface area contributed by atoms with E-state index in [0.29, 0.717) is 16.7 Å². The number of aryl methyl sites for hydroxylation is 1. The highest BCUT2D eigenvalue weighted by atomic mass is 32.1. The molecule has 1 heterocycles. The third-order valence-electron chi connectivity index (χ3n) is 3.70. The van der Waals surface area contributed by atoms with E-state index in [0.717, 1.165) is 25.1 Å². The minimum atomic E-state index is 0.336. The molecule has 0 spiro atoms. The molecule has 20 heavy (non-hydrogen) atoms. The van der Waals surface area contributed by atoms with E-state index in [2.05, 4.69) is 34.6 Å². The van der Waals surface area contributed by atoms with Gasteiger partial charge in [0.15, 0.2) is 0 Å². The van der Waals surface area contributed by atoms with Gasteiger partial charge >= 0.3 is 0 Å². The van der Waals surface area contributed by atoms with Crippen molar-refractivity contribution in [2.75, 3.05) is 5.32 Å². The van der Waals surface area contributed by atoms with E-state index in [-0.39, 0.29) is 0 Å². The predicted octanol–water partition coefficient (Wildman–Crippen LogP) is 2.69. The Bertz CT molecular complexity index is 639. The van der Waals surface area contributed by atoms with Gasteiger partial charge in [0.1, 0.15) is 10.8 Å². The van der Waals surface area contributed by atoms with E-state index in [9.17, 15) is 0 Å². The van der Waals surface area contributed by atoms with Crippen molar-refractivity contribution in [1.82, 2.24) is 4.98 Å². The van der Waals surface area contributed by atoms with Crippen molar-refractivity contribution in [3.8, 4) is 0 Å². The van der Waals surface area contributed by atoms with E-state index in [1.807, 2.05) is 18.2 Å². The zero-order valence-electron chi connectivity index (χ0n) is 11.2. The maximum atomic E-state index is 5.62. The Kier molecular flexibility index (Phi) is 3.65. The Hall–Kier alpha value is -1.94. The summed E-state index contributed by atoms with van der Waals surface area (Å²) in [5.41, 5.74) is 9.19. The molecule has 0 saturated heterocycles. The zero-order chi connectivity index (χ0) is 13.9. The zero-order valence-corrected chi connectivity index (χ0v) is 12.0. The Morgan fingerprint density at radius 3 is 2.75 bits per heavy atom. The highest BCUT2D eigenvalue weighted by molar-refractivity contribution is 7.80. The van der Waals surface area contributed by atoms with Gasteiger partial charge in [-0.25, -0.2) is 4.98 Å². The fourth-order valence-corrected chi connectivity index (χ4v) is 2.80. The molecule has 1 aliphatic rings. The lowest BCUT2D eigenvalue weighted by Gasteiger charge is -2.26. The number of nitrogens with two attached hydrogens (primary N) is 1. The largest absolute Gasteiger partial charge is 0.388 e. The van der Waals surface area contributed by atoms with Gasteiger partial charge in [-0.05, 0) is 42.5 Å². The number of benzene rings is 1. The van der Waals surface area contributed by atoms with E-state index in [1.165, 1.54) is 11.1 Å². The van der Waals surface area contributed by atoms with Crippen LogP contribution in [0.5, 0.6) is 0 Å². The number of nitrogens with zero attached hydrogens (tertiary/aromatic N) is 1. The lowest BCUT2D eigenvalue weighted by atomic mass is 9.88. The predicted molar refractivity (Wildman–Crippen MR) is 86.0 cm³/mol. The summed E-state index contributed by atoms with van der Waals surface area (Å²) in [6, 6.07) is 14.8. The van der Waals surface area contributed by atoms with Crippen LogP contribution in [0.4, 0.5) is 5.82 Å². The van der Waals surface area contributed by atoms with Gasteiger partial charge in [0, 0.05) is 6.04 Å². The van der Waals surface area contributed by atoms with Crippen LogP contribution in [0.1, 0.15) is 23.2 Å². The normalized spacial score (nSPS) is 17.3. The minimum absolute atomic E-state index is 0.336. The molecule has 3 nitrogen and oxygen atoms in total. The molecule has 0 saturated carbocycles. The van der Waals surface area contributed by atoms with Crippen molar-refractivity contribution in [2.45, 2.75) is 25.3 Å². The number of hydrogen-bond acceptors (Lipinski definition) is 3. The van der Waals surface area contributed by atoms with Gasteiger partial charge in [-0.2, -0.15) is 0 Å². The number of nitrogens with one attached hydrogen (secondary N) is 1. The van der Waals surface area contributed by atoms with Crippen molar-refractivity contribution in [2.24, 2.45) is 5.73 Å². The summed E-state index contributed by atoms with van der Waals surface area (Å²) in [5.74, 6) is 0.847. The van der Waals surface area contributed by atoms with Crippen LogP contribution in [0.25, 0.3) is 0 Å². The maximum Gasteiger partial charge on any atom is 0.126 e. The van der Waals surface area contributed by atoms with Gasteiger partial charge in [-0.3, -0.25) is 0 Å². The van der Waals surface area contributed by atoms with E-state index < -0.39 is 0 Å². The number of rotatable bonds is 3. The Morgan fingerprint density at radius 1 is 1.15 bits per heavy atom. The molecule has 3 N–H and O–H groups in total. The quantitative estimate of drug-likeness (QED) is 0.850. The number of thiocarbonyl (C=S) groups is 1. The van der Waals surface area contributed by atoms with Gasteiger partial charge in [0.2, 0.25) is 0 Å². The lowest BCUT2D eigenvalue weighted by Crippen LogP contribution is -2.28. The van der Waals surface area contributed by atoms with Crippen LogP contribution >= 0.6 is 12.2 Å². The monoisotopic (exact) mass is 283 g/mol. The van der Waals surface area contributed by atoms with Gasteiger partial charge in [-0.15, -0.1) is 0 Å². The SMILES string of the molecule is NC(=S)c1cccc(NC2CCc3ccccc3C2)n1. The Balaban J connectivity index is 1.73. The van der Waals surface area contributed by atoms with Gasteiger partial charge in [0.05, 0.1) is 5.69 Å². The molecule has 0 bridgehead atoms. The summed E-state index contributed by atoms with van der Waals surface area (Å²) < 4.78 is 0. The highest BCUT2D eigenvalue weighted by Crippen LogP contribution is 2.23.